The van der Waals surface area contributed by atoms with Crippen LogP contribution in [0.15, 0.2) is 103 Å². The summed E-state index contributed by atoms with van der Waals surface area (Å²) in [6.07, 6.45) is 0. The van der Waals surface area contributed by atoms with Gasteiger partial charge in [-0.1, -0.05) is 91.0 Å². The molecule has 0 radical (unpaired) electrons. The Morgan fingerprint density at radius 2 is 0.971 bits per heavy atom. The maximum atomic E-state index is 12.4. The highest BCUT2D eigenvalue weighted by atomic mass is 16.5. The van der Waals surface area contributed by atoms with Gasteiger partial charge in [0, 0.05) is 0 Å². The number of hydrogen-bond acceptors (Lipinski definition) is 5. The Bertz CT molecular complexity index is 1130. The first-order valence-electron chi connectivity index (χ1n) is 11.0. The SMILES string of the molecule is COC(=O)c1cc(OCc2ccccc2)c(OCc2ccccc2)c(OCc2ccccc2)c1. The molecule has 0 aliphatic rings. The Kier molecular flexibility index (Phi) is 7.80. The van der Waals surface area contributed by atoms with Crippen molar-refractivity contribution in [1.82, 2.24) is 0 Å². The molecule has 0 spiro atoms. The van der Waals surface area contributed by atoms with Crippen molar-refractivity contribution in [2.24, 2.45) is 0 Å². The largest absolute Gasteiger partial charge is 0.485 e. The van der Waals surface area contributed by atoms with E-state index in [1.807, 2.05) is 91.0 Å². The maximum Gasteiger partial charge on any atom is 0.338 e. The summed E-state index contributed by atoms with van der Waals surface area (Å²) in [4.78, 5) is 12.4. The molecule has 4 aromatic rings. The molecule has 0 aliphatic carbocycles. The van der Waals surface area contributed by atoms with Crippen LogP contribution in [0.1, 0.15) is 27.0 Å². The summed E-state index contributed by atoms with van der Waals surface area (Å²) in [5, 5.41) is 0. The summed E-state index contributed by atoms with van der Waals surface area (Å²) in [6, 6.07) is 32.7. The van der Waals surface area contributed by atoms with E-state index < -0.39 is 5.97 Å². The van der Waals surface area contributed by atoms with E-state index in [9.17, 15) is 4.79 Å². The van der Waals surface area contributed by atoms with Gasteiger partial charge in [0.15, 0.2) is 11.5 Å². The van der Waals surface area contributed by atoms with E-state index >= 15 is 0 Å². The first kappa shape index (κ1) is 22.9. The van der Waals surface area contributed by atoms with Crippen molar-refractivity contribution >= 4 is 5.97 Å². The molecular weight excluding hydrogens is 428 g/mol. The molecule has 4 aromatic carbocycles. The van der Waals surface area contributed by atoms with Gasteiger partial charge < -0.3 is 18.9 Å². The number of carbonyl (C=O) groups is 1. The van der Waals surface area contributed by atoms with Crippen LogP contribution in [-0.4, -0.2) is 13.1 Å². The monoisotopic (exact) mass is 454 g/mol. The minimum atomic E-state index is -0.483. The van der Waals surface area contributed by atoms with Crippen LogP contribution in [0.25, 0.3) is 0 Å². The molecule has 0 heterocycles. The number of benzene rings is 4. The van der Waals surface area contributed by atoms with Gasteiger partial charge in [0.2, 0.25) is 5.75 Å². The normalized spacial score (nSPS) is 10.4. The maximum absolute atomic E-state index is 12.4. The fraction of sp³-hybridized carbons (Fsp3) is 0.138. The molecule has 0 saturated carbocycles. The van der Waals surface area contributed by atoms with Gasteiger partial charge in [0.05, 0.1) is 12.7 Å². The first-order valence-corrected chi connectivity index (χ1v) is 11.0. The van der Waals surface area contributed by atoms with Crippen molar-refractivity contribution in [2.75, 3.05) is 7.11 Å². The van der Waals surface area contributed by atoms with Crippen molar-refractivity contribution in [3.63, 3.8) is 0 Å². The van der Waals surface area contributed by atoms with Gasteiger partial charge in [-0.05, 0) is 28.8 Å². The zero-order chi connectivity index (χ0) is 23.6. The summed E-state index contributed by atoms with van der Waals surface area (Å²) >= 11 is 0. The molecule has 0 unspecified atom stereocenters. The van der Waals surface area contributed by atoms with Crippen LogP contribution in [0.4, 0.5) is 0 Å². The van der Waals surface area contributed by atoms with Gasteiger partial charge >= 0.3 is 5.97 Å². The standard InChI is InChI=1S/C29H26O5/c1-31-29(30)25-17-26(32-19-22-11-5-2-6-12-22)28(34-21-24-15-9-4-10-16-24)27(18-25)33-20-23-13-7-3-8-14-23/h2-18H,19-21H2,1H3. The molecule has 0 N–H and O–H groups in total. The molecule has 5 heteroatoms. The van der Waals surface area contributed by atoms with E-state index in [1.54, 1.807) is 12.1 Å². The summed E-state index contributed by atoms with van der Waals surface area (Å²) < 4.78 is 23.4. The Morgan fingerprint density at radius 3 is 1.35 bits per heavy atom. The second-order valence-corrected chi connectivity index (χ2v) is 7.62. The number of carbonyl (C=O) groups excluding carboxylic acids is 1. The second kappa shape index (κ2) is 11.6. The number of ether oxygens (including phenoxy) is 4. The van der Waals surface area contributed by atoms with Gasteiger partial charge in [-0.15, -0.1) is 0 Å². The van der Waals surface area contributed by atoms with Crippen molar-refractivity contribution < 1.29 is 23.7 Å². The number of hydrogen-bond donors (Lipinski definition) is 0. The first-order chi connectivity index (χ1) is 16.7. The van der Waals surface area contributed by atoms with E-state index in [2.05, 4.69) is 0 Å². The Hall–Kier alpha value is -4.25. The van der Waals surface area contributed by atoms with Crippen molar-refractivity contribution in [1.29, 1.82) is 0 Å². The molecule has 0 atom stereocenters. The molecular formula is C29H26O5. The molecule has 0 aliphatic heterocycles. The van der Waals surface area contributed by atoms with E-state index in [0.717, 1.165) is 16.7 Å². The molecule has 0 aromatic heterocycles. The van der Waals surface area contributed by atoms with Crippen molar-refractivity contribution in [2.45, 2.75) is 19.8 Å². The summed E-state index contributed by atoms with van der Waals surface area (Å²) in [6.45, 7) is 0.943. The predicted octanol–water partition coefficient (Wildman–Crippen LogP) is 6.21. The summed E-state index contributed by atoms with van der Waals surface area (Å²) in [7, 11) is 1.34. The number of methoxy groups -OCH3 is 1. The molecule has 0 bridgehead atoms. The lowest BCUT2D eigenvalue weighted by Crippen LogP contribution is -2.08. The molecule has 5 nitrogen and oxygen atoms in total. The van der Waals surface area contributed by atoms with Crippen LogP contribution >= 0.6 is 0 Å². The van der Waals surface area contributed by atoms with Gasteiger partial charge in [0.1, 0.15) is 19.8 Å². The third-order valence-corrected chi connectivity index (χ3v) is 5.14. The average Bonchev–Trinajstić information content (AvgIpc) is 2.91. The highest BCUT2D eigenvalue weighted by molar-refractivity contribution is 5.91. The molecule has 0 amide bonds. The number of rotatable bonds is 10. The van der Waals surface area contributed by atoms with Crippen LogP contribution in [0.5, 0.6) is 17.2 Å². The van der Waals surface area contributed by atoms with Gasteiger partial charge in [-0.3, -0.25) is 0 Å². The van der Waals surface area contributed by atoms with Gasteiger partial charge in [-0.25, -0.2) is 4.79 Å². The van der Waals surface area contributed by atoms with Crippen LogP contribution in [-0.2, 0) is 24.6 Å². The second-order valence-electron chi connectivity index (χ2n) is 7.62. The Labute approximate surface area is 199 Å². The fourth-order valence-corrected chi connectivity index (χ4v) is 3.37. The third kappa shape index (κ3) is 6.17. The quantitative estimate of drug-likeness (QED) is 0.267. The van der Waals surface area contributed by atoms with Gasteiger partial charge in [0.25, 0.3) is 0 Å². The van der Waals surface area contributed by atoms with Crippen LogP contribution in [0, 0.1) is 0 Å². The third-order valence-electron chi connectivity index (χ3n) is 5.14. The molecule has 34 heavy (non-hydrogen) atoms. The Balaban J connectivity index is 1.67. The molecule has 0 fully saturated rings. The summed E-state index contributed by atoms with van der Waals surface area (Å²) in [5.74, 6) is 0.767. The molecule has 0 saturated heterocycles. The minimum absolute atomic E-state index is 0.311. The fourth-order valence-electron chi connectivity index (χ4n) is 3.37. The smallest absolute Gasteiger partial charge is 0.338 e. The van der Waals surface area contributed by atoms with E-state index in [0.29, 0.717) is 42.6 Å². The molecule has 4 rings (SSSR count). The lowest BCUT2D eigenvalue weighted by molar-refractivity contribution is 0.0599. The van der Waals surface area contributed by atoms with E-state index in [4.69, 9.17) is 18.9 Å². The van der Waals surface area contributed by atoms with E-state index in [1.165, 1.54) is 7.11 Å². The van der Waals surface area contributed by atoms with Crippen molar-refractivity contribution in [3.8, 4) is 17.2 Å². The predicted molar refractivity (Wildman–Crippen MR) is 130 cm³/mol. The Morgan fingerprint density at radius 1 is 0.588 bits per heavy atom. The van der Waals surface area contributed by atoms with Crippen LogP contribution in [0.3, 0.4) is 0 Å². The lowest BCUT2D eigenvalue weighted by Gasteiger charge is -2.18. The van der Waals surface area contributed by atoms with Crippen LogP contribution < -0.4 is 14.2 Å². The zero-order valence-corrected chi connectivity index (χ0v) is 19.0. The van der Waals surface area contributed by atoms with Gasteiger partial charge in [-0.2, -0.15) is 0 Å². The molecule has 172 valence electrons. The summed E-state index contributed by atoms with van der Waals surface area (Å²) in [5.41, 5.74) is 3.31. The van der Waals surface area contributed by atoms with Crippen molar-refractivity contribution in [3.05, 3.63) is 125 Å². The topological polar surface area (TPSA) is 54.0 Å². The highest BCUT2D eigenvalue weighted by Gasteiger charge is 2.20. The average molecular weight is 455 g/mol. The van der Waals surface area contributed by atoms with E-state index in [-0.39, 0.29) is 0 Å². The highest BCUT2D eigenvalue weighted by Crippen LogP contribution is 2.40. The zero-order valence-electron chi connectivity index (χ0n) is 19.0. The number of esters is 1. The van der Waals surface area contributed by atoms with Crippen LogP contribution in [0.2, 0.25) is 0 Å². The minimum Gasteiger partial charge on any atom is -0.485 e. The lowest BCUT2D eigenvalue weighted by atomic mass is 10.1.